The van der Waals surface area contributed by atoms with Gasteiger partial charge in [0.2, 0.25) is 0 Å². The summed E-state index contributed by atoms with van der Waals surface area (Å²) in [4.78, 5) is 20.1. The Morgan fingerprint density at radius 1 is 1.10 bits per heavy atom. The maximum atomic E-state index is 12.8. The number of amides is 1. The Bertz CT molecular complexity index is 1340. The van der Waals surface area contributed by atoms with E-state index in [-0.39, 0.29) is 23.1 Å². The van der Waals surface area contributed by atoms with Crippen LogP contribution in [0.15, 0.2) is 42.5 Å². The first kappa shape index (κ1) is 28.8. The third-order valence-electron chi connectivity index (χ3n) is 9.34. The second-order valence-electron chi connectivity index (χ2n) is 12.9. The number of hydrogen-bond donors (Lipinski definition) is 0. The number of hydrogen-bond acceptors (Lipinski definition) is 5. The van der Waals surface area contributed by atoms with E-state index in [1.54, 1.807) is 4.90 Å². The standard InChI is InChI=1S/C32H45N3O4Si/c1-22-13-14-25-27(34(22)31(36)37-5)15-16-28-29(25)33-30(35(28)24-17-19-38-20-18-24)26(23-11-9-8-10-12-23)21-39-40(6,7)32(2,3)4/h8-12,15-16,22,24,26H,13-14,17-21H2,1-7H3/t22-,26?/m0/s1. The number of aromatic nitrogens is 2. The molecule has 1 saturated heterocycles. The maximum absolute atomic E-state index is 12.8. The summed E-state index contributed by atoms with van der Waals surface area (Å²) in [6.45, 7) is 15.7. The quantitative estimate of drug-likeness (QED) is 0.292. The van der Waals surface area contributed by atoms with Gasteiger partial charge in [0.15, 0.2) is 8.32 Å². The number of benzene rings is 2. The van der Waals surface area contributed by atoms with E-state index in [0.29, 0.717) is 12.6 Å². The SMILES string of the molecule is COC(=O)N1c2ccc3c(nc(C(CO[Si](C)(C)C(C)(C)C)c4ccccc4)n3C3CCOCC3)c2CC[C@@H]1C. The smallest absolute Gasteiger partial charge is 0.414 e. The number of fused-ring (bicyclic) bond motifs is 3. The van der Waals surface area contributed by atoms with Crippen molar-refractivity contribution in [2.45, 2.75) is 89.5 Å². The molecule has 2 aliphatic rings. The van der Waals surface area contributed by atoms with E-state index in [2.05, 4.69) is 87.8 Å². The predicted molar refractivity (Wildman–Crippen MR) is 163 cm³/mol. The van der Waals surface area contributed by atoms with Crippen molar-refractivity contribution >= 4 is 31.1 Å². The van der Waals surface area contributed by atoms with Crippen LogP contribution in [-0.2, 0) is 20.3 Å². The van der Waals surface area contributed by atoms with Crippen LogP contribution >= 0.6 is 0 Å². The molecule has 7 nitrogen and oxygen atoms in total. The normalized spacial score (nSPS) is 19.5. The first-order chi connectivity index (χ1) is 19.0. The molecule has 40 heavy (non-hydrogen) atoms. The van der Waals surface area contributed by atoms with E-state index < -0.39 is 8.32 Å². The fourth-order valence-corrected chi connectivity index (χ4v) is 6.90. The van der Waals surface area contributed by atoms with E-state index in [4.69, 9.17) is 18.9 Å². The van der Waals surface area contributed by atoms with Gasteiger partial charge in [0.1, 0.15) is 5.82 Å². The lowest BCUT2D eigenvalue weighted by molar-refractivity contribution is 0.0694. The van der Waals surface area contributed by atoms with Crippen LogP contribution in [0.5, 0.6) is 0 Å². The molecule has 0 N–H and O–H groups in total. The van der Waals surface area contributed by atoms with E-state index in [9.17, 15) is 4.79 Å². The minimum Gasteiger partial charge on any atom is -0.452 e. The third kappa shape index (κ3) is 5.33. The summed E-state index contributed by atoms with van der Waals surface area (Å²) in [5.74, 6) is 1.03. The highest BCUT2D eigenvalue weighted by Gasteiger charge is 2.39. The molecule has 3 heterocycles. The predicted octanol–water partition coefficient (Wildman–Crippen LogP) is 7.45. The highest BCUT2D eigenvalue weighted by Crippen LogP contribution is 2.42. The van der Waals surface area contributed by atoms with Gasteiger partial charge in [-0.25, -0.2) is 9.78 Å². The number of methoxy groups -OCH3 is 1. The van der Waals surface area contributed by atoms with Crippen molar-refractivity contribution in [1.29, 1.82) is 0 Å². The van der Waals surface area contributed by atoms with Crippen LogP contribution < -0.4 is 4.90 Å². The number of rotatable bonds is 6. The Kier molecular flexibility index (Phi) is 8.14. The molecule has 0 spiro atoms. The van der Waals surface area contributed by atoms with Crippen molar-refractivity contribution in [2.24, 2.45) is 0 Å². The van der Waals surface area contributed by atoms with Crippen molar-refractivity contribution in [3.05, 3.63) is 59.4 Å². The lowest BCUT2D eigenvalue weighted by Crippen LogP contribution is -2.42. The van der Waals surface area contributed by atoms with Crippen LogP contribution in [0.2, 0.25) is 18.1 Å². The van der Waals surface area contributed by atoms with Crippen LogP contribution in [-0.4, -0.2) is 56.9 Å². The van der Waals surface area contributed by atoms with Gasteiger partial charge in [-0.05, 0) is 68.4 Å². The van der Waals surface area contributed by atoms with Gasteiger partial charge < -0.3 is 18.5 Å². The van der Waals surface area contributed by atoms with Gasteiger partial charge in [0, 0.05) is 37.5 Å². The first-order valence-electron chi connectivity index (χ1n) is 14.7. The summed E-state index contributed by atoms with van der Waals surface area (Å²) < 4.78 is 20.3. The molecule has 2 atom stereocenters. The van der Waals surface area contributed by atoms with Gasteiger partial charge in [0.25, 0.3) is 0 Å². The topological polar surface area (TPSA) is 65.8 Å². The number of aryl methyl sites for hydroxylation is 1. The van der Waals surface area contributed by atoms with Gasteiger partial charge in [-0.15, -0.1) is 0 Å². The molecule has 216 valence electrons. The number of nitrogens with zero attached hydrogens (tertiary/aromatic N) is 3. The highest BCUT2D eigenvalue weighted by atomic mass is 28.4. The number of carbonyl (C=O) groups is 1. The Hall–Kier alpha value is -2.68. The van der Waals surface area contributed by atoms with Crippen LogP contribution in [0, 0.1) is 0 Å². The zero-order valence-corrected chi connectivity index (χ0v) is 26.2. The van der Waals surface area contributed by atoms with Gasteiger partial charge in [-0.3, -0.25) is 4.90 Å². The molecule has 1 amide bonds. The summed E-state index contributed by atoms with van der Waals surface area (Å²) in [6, 6.07) is 15.3. The summed E-state index contributed by atoms with van der Waals surface area (Å²) in [6.07, 6.45) is 3.33. The van der Waals surface area contributed by atoms with Crippen LogP contribution in [0.4, 0.5) is 10.5 Å². The molecule has 2 aromatic carbocycles. The molecular weight excluding hydrogens is 518 g/mol. The van der Waals surface area contributed by atoms with Gasteiger partial charge in [-0.2, -0.15) is 0 Å². The second kappa shape index (κ2) is 11.3. The van der Waals surface area contributed by atoms with E-state index in [1.807, 2.05) is 0 Å². The van der Waals surface area contributed by atoms with E-state index >= 15 is 0 Å². The van der Waals surface area contributed by atoms with E-state index in [1.165, 1.54) is 12.7 Å². The Balaban J connectivity index is 1.69. The van der Waals surface area contributed by atoms with Crippen LogP contribution in [0.1, 0.15) is 75.9 Å². The average Bonchev–Trinajstić information content (AvgIpc) is 3.32. The monoisotopic (exact) mass is 563 g/mol. The minimum atomic E-state index is -2.00. The van der Waals surface area contributed by atoms with Crippen molar-refractivity contribution in [3.63, 3.8) is 0 Å². The number of anilines is 1. The second-order valence-corrected chi connectivity index (χ2v) is 17.7. The number of carbonyl (C=O) groups excluding carboxylic acids is 1. The van der Waals surface area contributed by atoms with Crippen LogP contribution in [0.3, 0.4) is 0 Å². The minimum absolute atomic E-state index is 0.0135. The molecule has 1 fully saturated rings. The van der Waals surface area contributed by atoms with Crippen molar-refractivity contribution < 1.29 is 18.7 Å². The molecule has 1 aromatic heterocycles. The zero-order valence-electron chi connectivity index (χ0n) is 25.2. The lowest BCUT2D eigenvalue weighted by atomic mass is 9.95. The van der Waals surface area contributed by atoms with E-state index in [0.717, 1.165) is 67.0 Å². The molecule has 0 radical (unpaired) electrons. The fraction of sp³-hybridized carbons (Fsp3) is 0.562. The lowest BCUT2D eigenvalue weighted by Gasteiger charge is -2.37. The highest BCUT2D eigenvalue weighted by molar-refractivity contribution is 6.74. The number of ether oxygens (including phenoxy) is 2. The molecular formula is C32H45N3O4Si. The third-order valence-corrected chi connectivity index (χ3v) is 13.8. The van der Waals surface area contributed by atoms with Gasteiger partial charge in [0.05, 0.1) is 29.7 Å². The average molecular weight is 564 g/mol. The largest absolute Gasteiger partial charge is 0.452 e. The molecule has 2 aliphatic heterocycles. The zero-order chi connectivity index (χ0) is 28.7. The summed E-state index contributed by atoms with van der Waals surface area (Å²) in [5, 5.41) is 0.113. The Morgan fingerprint density at radius 3 is 2.45 bits per heavy atom. The van der Waals surface area contributed by atoms with Gasteiger partial charge in [-0.1, -0.05) is 51.1 Å². The Labute approximate surface area is 239 Å². The number of imidazole rings is 1. The summed E-state index contributed by atoms with van der Waals surface area (Å²) in [5.41, 5.74) is 5.38. The molecule has 8 heteroatoms. The maximum Gasteiger partial charge on any atom is 0.414 e. The van der Waals surface area contributed by atoms with Gasteiger partial charge >= 0.3 is 6.09 Å². The molecule has 3 aromatic rings. The molecule has 1 unspecified atom stereocenters. The fourth-order valence-electron chi connectivity index (χ4n) is 5.88. The summed E-state index contributed by atoms with van der Waals surface area (Å²) >= 11 is 0. The summed E-state index contributed by atoms with van der Waals surface area (Å²) in [7, 11) is -0.550. The van der Waals surface area contributed by atoms with Crippen molar-refractivity contribution in [3.8, 4) is 0 Å². The molecule has 0 aliphatic carbocycles. The molecule has 0 saturated carbocycles. The first-order valence-corrected chi connectivity index (χ1v) is 17.6. The Morgan fingerprint density at radius 2 is 1.80 bits per heavy atom. The molecule has 0 bridgehead atoms. The molecule has 5 rings (SSSR count). The van der Waals surface area contributed by atoms with Crippen molar-refractivity contribution in [1.82, 2.24) is 9.55 Å². The van der Waals surface area contributed by atoms with Crippen LogP contribution in [0.25, 0.3) is 11.0 Å². The van der Waals surface area contributed by atoms with Crippen molar-refractivity contribution in [2.75, 3.05) is 31.8 Å².